The SMILES string of the molecule is O=C(c1ccc2c(c1)CCC2)N1CCN(C(=O)[C@@H]2COc3ccccc3O2)CC1. The standard InChI is InChI=1S/C23H24N2O4/c26-22(18-9-8-16-4-3-5-17(16)14-18)24-10-12-25(13-11-24)23(27)21-15-28-19-6-1-2-7-20(19)29-21/h1-2,6-9,14,21H,3-5,10-13,15H2/t21-/m0/s1. The van der Waals surface area contributed by atoms with Crippen molar-refractivity contribution >= 4 is 11.8 Å². The molecule has 0 spiro atoms. The van der Waals surface area contributed by atoms with Crippen LogP contribution in [0.2, 0.25) is 0 Å². The molecule has 0 bridgehead atoms. The number of carbonyl (C=O) groups is 2. The van der Waals surface area contributed by atoms with Crippen molar-refractivity contribution in [3.05, 3.63) is 59.2 Å². The average Bonchev–Trinajstić information content (AvgIpc) is 3.26. The normalized spacial score (nSPS) is 20.3. The maximum atomic E-state index is 12.9. The number of hydrogen-bond donors (Lipinski definition) is 0. The van der Waals surface area contributed by atoms with Gasteiger partial charge in [0.1, 0.15) is 6.61 Å². The number of nitrogens with zero attached hydrogens (tertiary/aromatic N) is 2. The minimum Gasteiger partial charge on any atom is -0.485 e. The summed E-state index contributed by atoms with van der Waals surface area (Å²) >= 11 is 0. The highest BCUT2D eigenvalue weighted by Gasteiger charge is 2.33. The molecule has 1 saturated heterocycles. The Bertz CT molecular complexity index is 950. The molecule has 2 heterocycles. The highest BCUT2D eigenvalue weighted by atomic mass is 16.6. The molecule has 29 heavy (non-hydrogen) atoms. The molecule has 0 radical (unpaired) electrons. The highest BCUT2D eigenvalue weighted by Crippen LogP contribution is 2.31. The van der Waals surface area contributed by atoms with Gasteiger partial charge < -0.3 is 19.3 Å². The van der Waals surface area contributed by atoms with Crippen LogP contribution in [0.1, 0.15) is 27.9 Å². The number of aryl methyl sites for hydroxylation is 2. The number of benzene rings is 2. The summed E-state index contributed by atoms with van der Waals surface area (Å²) in [5.74, 6) is 1.24. The molecule has 2 amide bonds. The van der Waals surface area contributed by atoms with Crippen LogP contribution in [0, 0.1) is 0 Å². The third-order valence-electron chi connectivity index (χ3n) is 6.01. The first-order valence-electron chi connectivity index (χ1n) is 10.3. The zero-order chi connectivity index (χ0) is 19.8. The molecule has 1 aliphatic carbocycles. The van der Waals surface area contributed by atoms with Gasteiger partial charge in [0.05, 0.1) is 0 Å². The second-order valence-electron chi connectivity index (χ2n) is 7.82. The quantitative estimate of drug-likeness (QED) is 0.787. The third kappa shape index (κ3) is 3.43. The Kier molecular flexibility index (Phi) is 4.62. The van der Waals surface area contributed by atoms with E-state index >= 15 is 0 Å². The zero-order valence-corrected chi connectivity index (χ0v) is 16.3. The van der Waals surface area contributed by atoms with Gasteiger partial charge in [-0.2, -0.15) is 0 Å². The first-order valence-corrected chi connectivity index (χ1v) is 10.3. The number of para-hydroxylation sites is 2. The van der Waals surface area contributed by atoms with E-state index in [9.17, 15) is 9.59 Å². The largest absolute Gasteiger partial charge is 0.485 e. The molecule has 1 fully saturated rings. The van der Waals surface area contributed by atoms with Gasteiger partial charge >= 0.3 is 0 Å². The van der Waals surface area contributed by atoms with Gasteiger partial charge in [0.15, 0.2) is 11.5 Å². The van der Waals surface area contributed by atoms with Crippen molar-refractivity contribution in [2.24, 2.45) is 0 Å². The fraction of sp³-hybridized carbons (Fsp3) is 0.391. The fourth-order valence-corrected chi connectivity index (χ4v) is 4.36. The first kappa shape index (κ1) is 18.0. The van der Waals surface area contributed by atoms with Crippen LogP contribution >= 0.6 is 0 Å². The lowest BCUT2D eigenvalue weighted by atomic mass is 10.1. The van der Waals surface area contributed by atoms with Crippen LogP contribution in [-0.2, 0) is 17.6 Å². The van der Waals surface area contributed by atoms with Crippen LogP contribution in [0.15, 0.2) is 42.5 Å². The van der Waals surface area contributed by atoms with Gasteiger partial charge in [-0.3, -0.25) is 9.59 Å². The van der Waals surface area contributed by atoms with Crippen molar-refractivity contribution in [2.75, 3.05) is 32.8 Å². The van der Waals surface area contributed by atoms with Crippen LogP contribution in [0.25, 0.3) is 0 Å². The van der Waals surface area contributed by atoms with E-state index in [-0.39, 0.29) is 18.4 Å². The number of hydrogen-bond acceptors (Lipinski definition) is 4. The molecule has 150 valence electrons. The fourth-order valence-electron chi connectivity index (χ4n) is 4.36. The zero-order valence-electron chi connectivity index (χ0n) is 16.3. The summed E-state index contributed by atoms with van der Waals surface area (Å²) in [4.78, 5) is 29.4. The minimum absolute atomic E-state index is 0.0537. The van der Waals surface area contributed by atoms with E-state index in [1.807, 2.05) is 41.3 Å². The van der Waals surface area contributed by atoms with E-state index in [0.29, 0.717) is 37.7 Å². The smallest absolute Gasteiger partial charge is 0.267 e. The summed E-state index contributed by atoms with van der Waals surface area (Å²) in [5.41, 5.74) is 3.43. The number of ether oxygens (including phenoxy) is 2. The highest BCUT2D eigenvalue weighted by molar-refractivity contribution is 5.94. The van der Waals surface area contributed by atoms with E-state index < -0.39 is 6.10 Å². The molecule has 0 N–H and O–H groups in total. The van der Waals surface area contributed by atoms with Gasteiger partial charge in [-0.1, -0.05) is 18.2 Å². The predicted octanol–water partition coefficient (Wildman–Crippen LogP) is 2.30. The Hall–Kier alpha value is -3.02. The summed E-state index contributed by atoms with van der Waals surface area (Å²) in [6, 6.07) is 13.5. The molecule has 0 aromatic heterocycles. The van der Waals surface area contributed by atoms with Gasteiger partial charge in [-0.05, 0) is 54.7 Å². The van der Waals surface area contributed by atoms with Crippen molar-refractivity contribution in [3.63, 3.8) is 0 Å². The van der Waals surface area contributed by atoms with Crippen molar-refractivity contribution in [3.8, 4) is 11.5 Å². The number of rotatable bonds is 2. The van der Waals surface area contributed by atoms with Crippen LogP contribution in [0.5, 0.6) is 11.5 Å². The molecule has 2 aromatic carbocycles. The second kappa shape index (κ2) is 7.43. The molecular formula is C23H24N2O4. The molecule has 0 saturated carbocycles. The molecule has 0 unspecified atom stereocenters. The molecule has 2 aliphatic heterocycles. The number of carbonyl (C=O) groups excluding carboxylic acids is 2. The third-order valence-corrected chi connectivity index (χ3v) is 6.01. The Morgan fingerprint density at radius 1 is 0.862 bits per heavy atom. The molecule has 3 aliphatic rings. The molecule has 5 rings (SSSR count). The maximum absolute atomic E-state index is 12.9. The van der Waals surface area contributed by atoms with Gasteiger partial charge in [-0.15, -0.1) is 0 Å². The molecule has 6 nitrogen and oxygen atoms in total. The number of piperazine rings is 1. The van der Waals surface area contributed by atoms with Crippen molar-refractivity contribution in [1.82, 2.24) is 9.80 Å². The van der Waals surface area contributed by atoms with Crippen molar-refractivity contribution < 1.29 is 19.1 Å². The summed E-state index contributed by atoms with van der Waals surface area (Å²) in [5, 5.41) is 0. The molecule has 1 atom stereocenters. The Morgan fingerprint density at radius 3 is 2.41 bits per heavy atom. The summed E-state index contributed by atoms with van der Waals surface area (Å²) in [6.07, 6.45) is 2.71. The van der Waals surface area contributed by atoms with Crippen LogP contribution < -0.4 is 9.47 Å². The van der Waals surface area contributed by atoms with Gasteiger partial charge in [0.2, 0.25) is 6.10 Å². The molecular weight excluding hydrogens is 368 g/mol. The van der Waals surface area contributed by atoms with E-state index in [2.05, 4.69) is 6.07 Å². The van der Waals surface area contributed by atoms with Crippen molar-refractivity contribution in [1.29, 1.82) is 0 Å². The first-order chi connectivity index (χ1) is 14.2. The maximum Gasteiger partial charge on any atom is 0.267 e. The van der Waals surface area contributed by atoms with E-state index in [1.165, 1.54) is 17.5 Å². The van der Waals surface area contributed by atoms with Crippen molar-refractivity contribution in [2.45, 2.75) is 25.4 Å². The lowest BCUT2D eigenvalue weighted by Crippen LogP contribution is -2.55. The minimum atomic E-state index is -0.635. The van der Waals surface area contributed by atoms with E-state index in [4.69, 9.17) is 9.47 Å². The summed E-state index contributed by atoms with van der Waals surface area (Å²) < 4.78 is 11.5. The Labute approximate surface area is 170 Å². The van der Waals surface area contributed by atoms with Crippen LogP contribution in [0.4, 0.5) is 0 Å². The molecule has 2 aromatic rings. The van der Waals surface area contributed by atoms with E-state index in [1.54, 1.807) is 4.90 Å². The van der Waals surface area contributed by atoms with Gasteiger partial charge in [-0.25, -0.2) is 0 Å². The topological polar surface area (TPSA) is 59.1 Å². The summed E-state index contributed by atoms with van der Waals surface area (Å²) in [6.45, 7) is 2.30. The van der Waals surface area contributed by atoms with Gasteiger partial charge in [0.25, 0.3) is 11.8 Å². The number of fused-ring (bicyclic) bond motifs is 2. The van der Waals surface area contributed by atoms with Crippen LogP contribution in [0.3, 0.4) is 0 Å². The van der Waals surface area contributed by atoms with Gasteiger partial charge in [0, 0.05) is 31.7 Å². The Morgan fingerprint density at radius 2 is 1.59 bits per heavy atom. The monoisotopic (exact) mass is 392 g/mol. The lowest BCUT2D eigenvalue weighted by Gasteiger charge is -2.37. The second-order valence-corrected chi connectivity index (χ2v) is 7.82. The molecule has 6 heteroatoms. The number of amides is 2. The van der Waals surface area contributed by atoms with Crippen LogP contribution in [-0.4, -0.2) is 60.5 Å². The predicted molar refractivity (Wildman–Crippen MR) is 107 cm³/mol. The summed E-state index contributed by atoms with van der Waals surface area (Å²) in [7, 11) is 0. The average molecular weight is 392 g/mol. The Balaban J connectivity index is 1.19. The lowest BCUT2D eigenvalue weighted by molar-refractivity contribution is -0.142. The van der Waals surface area contributed by atoms with E-state index in [0.717, 1.165) is 18.4 Å².